The molecular formula is C16H17N3O4. The molecule has 3 rings (SSSR count). The van der Waals surface area contributed by atoms with Gasteiger partial charge in [0.25, 0.3) is 0 Å². The van der Waals surface area contributed by atoms with Gasteiger partial charge in [-0.15, -0.1) is 0 Å². The molecular weight excluding hydrogens is 298 g/mol. The third kappa shape index (κ3) is 2.81. The number of aryl methyl sites for hydroxylation is 2. The van der Waals surface area contributed by atoms with Crippen LogP contribution in [0.1, 0.15) is 24.0 Å². The van der Waals surface area contributed by atoms with Crippen LogP contribution in [0.25, 0.3) is 0 Å². The fourth-order valence-corrected chi connectivity index (χ4v) is 2.52. The van der Waals surface area contributed by atoms with Crippen LogP contribution in [-0.4, -0.2) is 46.1 Å². The Balaban J connectivity index is 1.70. The number of urea groups is 1. The summed E-state index contributed by atoms with van der Waals surface area (Å²) >= 11 is 0. The van der Waals surface area contributed by atoms with Gasteiger partial charge in [-0.3, -0.25) is 19.3 Å². The molecule has 1 aliphatic carbocycles. The molecule has 0 aromatic heterocycles. The maximum absolute atomic E-state index is 12.1. The SMILES string of the molecule is Cc1ccc(C)c(NC(=O)CN2C(=O)C(=O)N(C3CC3)C2=O)c1. The Bertz CT molecular complexity index is 724. The van der Waals surface area contributed by atoms with E-state index in [1.165, 1.54) is 0 Å². The fourth-order valence-electron chi connectivity index (χ4n) is 2.52. The van der Waals surface area contributed by atoms with Crippen LogP contribution in [0.5, 0.6) is 0 Å². The van der Waals surface area contributed by atoms with Crippen LogP contribution in [0.2, 0.25) is 0 Å². The summed E-state index contributed by atoms with van der Waals surface area (Å²) < 4.78 is 0. The maximum atomic E-state index is 12.1. The van der Waals surface area contributed by atoms with Crippen molar-refractivity contribution < 1.29 is 19.2 Å². The zero-order chi connectivity index (χ0) is 16.7. The van der Waals surface area contributed by atoms with Crippen LogP contribution in [0.3, 0.4) is 0 Å². The molecule has 23 heavy (non-hydrogen) atoms. The Morgan fingerprint density at radius 2 is 1.87 bits per heavy atom. The summed E-state index contributed by atoms with van der Waals surface area (Å²) in [5.74, 6) is -2.28. The summed E-state index contributed by atoms with van der Waals surface area (Å²) in [5.41, 5.74) is 2.48. The van der Waals surface area contributed by atoms with E-state index in [1.807, 2.05) is 32.0 Å². The van der Waals surface area contributed by atoms with Crippen molar-refractivity contribution in [2.45, 2.75) is 32.7 Å². The number of hydrogen-bond acceptors (Lipinski definition) is 4. The molecule has 1 N–H and O–H groups in total. The third-order valence-electron chi connectivity index (χ3n) is 3.96. The summed E-state index contributed by atoms with van der Waals surface area (Å²) in [4.78, 5) is 49.7. The van der Waals surface area contributed by atoms with Crippen LogP contribution < -0.4 is 5.32 Å². The van der Waals surface area contributed by atoms with Crippen LogP contribution in [0.15, 0.2) is 18.2 Å². The highest BCUT2D eigenvalue weighted by Gasteiger charge is 2.51. The first kappa shape index (κ1) is 15.2. The number of nitrogens with zero attached hydrogens (tertiary/aromatic N) is 2. The van der Waals surface area contributed by atoms with Gasteiger partial charge in [-0.25, -0.2) is 9.69 Å². The summed E-state index contributed by atoms with van der Waals surface area (Å²) in [5, 5.41) is 2.68. The Morgan fingerprint density at radius 1 is 1.17 bits per heavy atom. The molecule has 1 saturated heterocycles. The first-order valence-electron chi connectivity index (χ1n) is 7.44. The first-order chi connectivity index (χ1) is 10.9. The molecule has 1 saturated carbocycles. The molecule has 7 heteroatoms. The fraction of sp³-hybridized carbons (Fsp3) is 0.375. The highest BCUT2D eigenvalue weighted by molar-refractivity contribution is 6.45. The number of carbonyl (C=O) groups excluding carboxylic acids is 4. The molecule has 0 radical (unpaired) electrons. The van der Waals surface area contributed by atoms with Crippen molar-refractivity contribution >= 4 is 29.4 Å². The Kier molecular flexibility index (Phi) is 3.63. The second kappa shape index (κ2) is 5.49. The molecule has 0 unspecified atom stereocenters. The molecule has 7 nitrogen and oxygen atoms in total. The highest BCUT2D eigenvalue weighted by atomic mass is 16.2. The molecule has 1 heterocycles. The van der Waals surface area contributed by atoms with Gasteiger partial charge in [0.1, 0.15) is 6.54 Å². The maximum Gasteiger partial charge on any atom is 0.334 e. The number of nitrogens with one attached hydrogen (secondary N) is 1. The minimum atomic E-state index is -0.932. The predicted octanol–water partition coefficient (Wildman–Crippen LogP) is 1.20. The van der Waals surface area contributed by atoms with Crippen LogP contribution in [0, 0.1) is 13.8 Å². The van der Waals surface area contributed by atoms with Crippen molar-refractivity contribution in [2.75, 3.05) is 11.9 Å². The highest BCUT2D eigenvalue weighted by Crippen LogP contribution is 2.31. The van der Waals surface area contributed by atoms with Gasteiger partial charge in [0.05, 0.1) is 0 Å². The predicted molar refractivity (Wildman–Crippen MR) is 81.5 cm³/mol. The molecule has 2 fully saturated rings. The molecule has 2 aliphatic rings. The van der Waals surface area contributed by atoms with Gasteiger partial charge in [-0.05, 0) is 43.9 Å². The quantitative estimate of drug-likeness (QED) is 0.668. The van der Waals surface area contributed by atoms with Gasteiger partial charge in [0, 0.05) is 11.7 Å². The van der Waals surface area contributed by atoms with E-state index in [9.17, 15) is 19.2 Å². The Hall–Kier alpha value is -2.70. The van der Waals surface area contributed by atoms with Gasteiger partial charge >= 0.3 is 17.8 Å². The average Bonchev–Trinajstić information content (AvgIpc) is 3.29. The summed E-state index contributed by atoms with van der Waals surface area (Å²) in [6, 6.07) is 4.72. The zero-order valence-corrected chi connectivity index (χ0v) is 13.0. The molecule has 0 atom stereocenters. The molecule has 0 spiro atoms. The third-order valence-corrected chi connectivity index (χ3v) is 3.96. The van der Waals surface area contributed by atoms with E-state index < -0.39 is 30.3 Å². The van der Waals surface area contributed by atoms with Crippen molar-refractivity contribution in [1.82, 2.24) is 9.80 Å². The number of rotatable bonds is 4. The number of imide groups is 2. The van der Waals surface area contributed by atoms with Gasteiger partial charge in [0.2, 0.25) is 5.91 Å². The molecule has 5 amide bonds. The molecule has 120 valence electrons. The normalized spacial score (nSPS) is 17.9. The minimum absolute atomic E-state index is 0.189. The summed E-state index contributed by atoms with van der Waals surface area (Å²) in [6.07, 6.45) is 1.43. The van der Waals surface area contributed by atoms with E-state index in [2.05, 4.69) is 5.32 Å². The average molecular weight is 315 g/mol. The lowest BCUT2D eigenvalue weighted by Gasteiger charge is -2.15. The standard InChI is InChI=1S/C16H17N3O4/c1-9-3-4-10(2)12(7-9)17-13(20)8-18-14(21)15(22)19(16(18)23)11-5-6-11/h3-4,7,11H,5-6,8H2,1-2H3,(H,17,20). The zero-order valence-electron chi connectivity index (χ0n) is 13.0. The van der Waals surface area contributed by atoms with Gasteiger partial charge in [0.15, 0.2) is 0 Å². The second-order valence-corrected chi connectivity index (χ2v) is 5.95. The van der Waals surface area contributed by atoms with Crippen molar-refractivity contribution in [2.24, 2.45) is 0 Å². The number of anilines is 1. The monoisotopic (exact) mass is 315 g/mol. The number of amides is 5. The molecule has 1 aliphatic heterocycles. The minimum Gasteiger partial charge on any atom is -0.324 e. The second-order valence-electron chi connectivity index (χ2n) is 5.95. The largest absolute Gasteiger partial charge is 0.334 e. The van der Waals surface area contributed by atoms with Crippen LogP contribution >= 0.6 is 0 Å². The lowest BCUT2D eigenvalue weighted by Crippen LogP contribution is -2.39. The number of hydrogen-bond donors (Lipinski definition) is 1. The van der Waals surface area contributed by atoms with E-state index in [1.54, 1.807) is 0 Å². The van der Waals surface area contributed by atoms with Crippen LogP contribution in [-0.2, 0) is 14.4 Å². The van der Waals surface area contributed by atoms with Gasteiger partial charge in [-0.2, -0.15) is 0 Å². The Labute approximate surface area is 133 Å². The van der Waals surface area contributed by atoms with Crippen molar-refractivity contribution in [3.05, 3.63) is 29.3 Å². The van der Waals surface area contributed by atoms with Crippen molar-refractivity contribution in [3.8, 4) is 0 Å². The Morgan fingerprint density at radius 3 is 2.52 bits per heavy atom. The summed E-state index contributed by atoms with van der Waals surface area (Å²) in [7, 11) is 0. The van der Waals surface area contributed by atoms with E-state index >= 15 is 0 Å². The van der Waals surface area contributed by atoms with E-state index in [0.717, 1.165) is 16.0 Å². The van der Waals surface area contributed by atoms with Gasteiger partial charge < -0.3 is 5.32 Å². The molecule has 1 aromatic rings. The molecule has 0 bridgehead atoms. The smallest absolute Gasteiger partial charge is 0.324 e. The number of carbonyl (C=O) groups is 4. The molecule has 1 aromatic carbocycles. The summed E-state index contributed by atoms with van der Waals surface area (Å²) in [6.45, 7) is 3.29. The van der Waals surface area contributed by atoms with Crippen LogP contribution in [0.4, 0.5) is 10.5 Å². The van der Waals surface area contributed by atoms with Crippen molar-refractivity contribution in [1.29, 1.82) is 0 Å². The van der Waals surface area contributed by atoms with E-state index in [4.69, 9.17) is 0 Å². The topological polar surface area (TPSA) is 86.8 Å². The van der Waals surface area contributed by atoms with Gasteiger partial charge in [-0.1, -0.05) is 12.1 Å². The van der Waals surface area contributed by atoms with E-state index in [0.29, 0.717) is 23.4 Å². The number of benzene rings is 1. The van der Waals surface area contributed by atoms with Crippen molar-refractivity contribution in [3.63, 3.8) is 0 Å². The first-order valence-corrected chi connectivity index (χ1v) is 7.44. The lowest BCUT2D eigenvalue weighted by atomic mass is 10.1. The lowest BCUT2D eigenvalue weighted by molar-refractivity contribution is -0.143. The van der Waals surface area contributed by atoms with E-state index in [-0.39, 0.29) is 6.04 Å².